The predicted molar refractivity (Wildman–Crippen MR) is 46.1 cm³/mol. The maximum absolute atomic E-state index is 4.20. The summed E-state index contributed by atoms with van der Waals surface area (Å²) in [5.41, 5.74) is 2.38. The van der Waals surface area contributed by atoms with E-state index in [1.54, 1.807) is 0 Å². The molecule has 0 radical (unpaired) electrons. The van der Waals surface area contributed by atoms with Gasteiger partial charge in [0, 0.05) is 25.3 Å². The summed E-state index contributed by atoms with van der Waals surface area (Å²) in [4.78, 5) is 0. The molecule has 0 saturated carbocycles. The van der Waals surface area contributed by atoms with Crippen molar-refractivity contribution in [3.8, 4) is 0 Å². The van der Waals surface area contributed by atoms with Gasteiger partial charge in [-0.15, -0.1) is 0 Å². The van der Waals surface area contributed by atoms with E-state index in [1.165, 1.54) is 11.4 Å². The number of fused-ring (bicyclic) bond motifs is 2. The fraction of sp³-hybridized carbons (Fsp3) is 0.250. The third-order valence-corrected chi connectivity index (χ3v) is 2.14. The zero-order valence-corrected chi connectivity index (χ0v) is 6.51. The maximum atomic E-state index is 4.20. The molecule has 0 spiro atoms. The fourth-order valence-electron chi connectivity index (χ4n) is 1.52. The Labute approximate surface area is 70.1 Å². The Bertz CT molecular complexity index is 303. The summed E-state index contributed by atoms with van der Waals surface area (Å²) in [6.45, 7) is 0. The van der Waals surface area contributed by atoms with Gasteiger partial charge >= 0.3 is 0 Å². The van der Waals surface area contributed by atoms with Gasteiger partial charge in [-0.25, -0.2) is 10.0 Å². The van der Waals surface area contributed by atoms with Gasteiger partial charge in [0.15, 0.2) is 0 Å². The minimum absolute atomic E-state index is 0.912. The van der Waals surface area contributed by atoms with Crippen molar-refractivity contribution >= 4 is 12.4 Å². The highest BCUT2D eigenvalue weighted by Gasteiger charge is 2.22. The number of hydrazone groups is 2. The van der Waals surface area contributed by atoms with Gasteiger partial charge in [-0.1, -0.05) is 0 Å². The van der Waals surface area contributed by atoms with Gasteiger partial charge in [0.1, 0.15) is 0 Å². The molecular weight excluding hydrogens is 152 g/mol. The first-order valence-corrected chi connectivity index (χ1v) is 3.98. The van der Waals surface area contributed by atoms with Crippen LogP contribution in [0.25, 0.3) is 0 Å². The van der Waals surface area contributed by atoms with E-state index >= 15 is 0 Å². The van der Waals surface area contributed by atoms with Crippen molar-refractivity contribution < 1.29 is 0 Å². The molecule has 4 nitrogen and oxygen atoms in total. The van der Waals surface area contributed by atoms with E-state index in [2.05, 4.69) is 10.2 Å². The zero-order valence-electron chi connectivity index (χ0n) is 6.51. The molecule has 0 aromatic carbocycles. The van der Waals surface area contributed by atoms with Crippen LogP contribution in [-0.4, -0.2) is 22.4 Å². The normalized spacial score (nSPS) is 24.0. The maximum Gasteiger partial charge on any atom is 0.0657 e. The van der Waals surface area contributed by atoms with Gasteiger partial charge in [0.2, 0.25) is 0 Å². The molecule has 0 aliphatic carbocycles. The minimum atomic E-state index is 0.912. The highest BCUT2D eigenvalue weighted by atomic mass is 15.5. The SMILES string of the molecule is C1=NN2C=C3CC=NN3C=C2C1. The van der Waals surface area contributed by atoms with E-state index in [0.717, 1.165) is 12.8 Å². The summed E-state index contributed by atoms with van der Waals surface area (Å²) < 4.78 is 0. The first kappa shape index (κ1) is 5.99. The smallest absolute Gasteiger partial charge is 0.0657 e. The third-order valence-electron chi connectivity index (χ3n) is 2.14. The predicted octanol–water partition coefficient (Wildman–Crippen LogP) is 1.07. The summed E-state index contributed by atoms with van der Waals surface area (Å²) >= 11 is 0. The largest absolute Gasteiger partial charge is 0.242 e. The molecule has 4 heteroatoms. The lowest BCUT2D eigenvalue weighted by molar-refractivity contribution is 0.409. The Morgan fingerprint density at radius 1 is 0.917 bits per heavy atom. The molecule has 0 bridgehead atoms. The fourth-order valence-corrected chi connectivity index (χ4v) is 1.52. The molecule has 0 aromatic heterocycles. The Balaban J connectivity index is 2.03. The average Bonchev–Trinajstić information content (AvgIpc) is 2.64. The van der Waals surface area contributed by atoms with Crippen molar-refractivity contribution in [1.82, 2.24) is 10.0 Å². The van der Waals surface area contributed by atoms with Crippen molar-refractivity contribution in [3.63, 3.8) is 0 Å². The molecular formula is C8H8N4. The number of allylic oxidation sites excluding steroid dienone is 2. The van der Waals surface area contributed by atoms with Crippen LogP contribution in [0.15, 0.2) is 34.0 Å². The lowest BCUT2D eigenvalue weighted by atomic mass is 10.3. The van der Waals surface area contributed by atoms with E-state index in [0.29, 0.717) is 0 Å². The summed E-state index contributed by atoms with van der Waals surface area (Å²) in [6.07, 6.45) is 9.72. The second-order valence-electron chi connectivity index (χ2n) is 2.93. The molecule has 0 N–H and O–H groups in total. The second-order valence-corrected chi connectivity index (χ2v) is 2.93. The molecule has 0 atom stereocenters. The molecule has 3 aliphatic rings. The quantitative estimate of drug-likeness (QED) is 0.530. The van der Waals surface area contributed by atoms with Crippen molar-refractivity contribution in [2.45, 2.75) is 12.8 Å². The third kappa shape index (κ3) is 0.664. The monoisotopic (exact) mass is 160 g/mol. The first-order valence-electron chi connectivity index (χ1n) is 3.98. The van der Waals surface area contributed by atoms with Crippen LogP contribution in [-0.2, 0) is 0 Å². The first-order chi connectivity index (χ1) is 5.93. The number of hydrogen-bond acceptors (Lipinski definition) is 4. The highest BCUT2D eigenvalue weighted by Crippen LogP contribution is 2.28. The Morgan fingerprint density at radius 3 is 1.92 bits per heavy atom. The molecule has 0 aromatic rings. The van der Waals surface area contributed by atoms with Gasteiger partial charge in [-0.05, 0) is 0 Å². The average molecular weight is 160 g/mol. The standard InChI is InChI=1S/C8H8N4/c1-3-9-11-6-8-2-4-10-12(8)5-7(1)11/h3-6H,1-2H2. The zero-order chi connectivity index (χ0) is 7.97. The van der Waals surface area contributed by atoms with Gasteiger partial charge in [-0.2, -0.15) is 10.2 Å². The molecule has 0 fully saturated rings. The van der Waals surface area contributed by atoms with Crippen LogP contribution in [0.5, 0.6) is 0 Å². The molecule has 0 saturated heterocycles. The van der Waals surface area contributed by atoms with Crippen molar-refractivity contribution in [3.05, 3.63) is 23.8 Å². The van der Waals surface area contributed by atoms with E-state index in [-0.39, 0.29) is 0 Å². The van der Waals surface area contributed by atoms with Crippen LogP contribution in [0, 0.1) is 0 Å². The van der Waals surface area contributed by atoms with Crippen molar-refractivity contribution in [1.29, 1.82) is 0 Å². The number of nitrogens with zero attached hydrogens (tertiary/aromatic N) is 4. The highest BCUT2D eigenvalue weighted by molar-refractivity contribution is 5.67. The van der Waals surface area contributed by atoms with Crippen LogP contribution in [0.1, 0.15) is 12.8 Å². The molecule has 3 heterocycles. The molecule has 60 valence electrons. The molecule has 0 amide bonds. The Morgan fingerprint density at radius 2 is 1.42 bits per heavy atom. The topological polar surface area (TPSA) is 31.2 Å². The summed E-state index contributed by atoms with van der Waals surface area (Å²) in [5.74, 6) is 0. The lowest BCUT2D eigenvalue weighted by Gasteiger charge is -2.22. The number of rotatable bonds is 0. The van der Waals surface area contributed by atoms with Gasteiger partial charge in [0.05, 0.1) is 23.8 Å². The van der Waals surface area contributed by atoms with Gasteiger partial charge < -0.3 is 0 Å². The van der Waals surface area contributed by atoms with E-state index in [4.69, 9.17) is 0 Å². The van der Waals surface area contributed by atoms with E-state index in [1.807, 2.05) is 34.8 Å². The molecule has 12 heavy (non-hydrogen) atoms. The van der Waals surface area contributed by atoms with Gasteiger partial charge in [0.25, 0.3) is 0 Å². The van der Waals surface area contributed by atoms with E-state index < -0.39 is 0 Å². The van der Waals surface area contributed by atoms with Crippen LogP contribution in [0.3, 0.4) is 0 Å². The summed E-state index contributed by atoms with van der Waals surface area (Å²) in [5, 5.41) is 12.2. The van der Waals surface area contributed by atoms with Gasteiger partial charge in [-0.3, -0.25) is 0 Å². The molecule has 0 unspecified atom stereocenters. The van der Waals surface area contributed by atoms with Crippen LogP contribution >= 0.6 is 0 Å². The Kier molecular flexibility index (Phi) is 0.983. The summed E-state index contributed by atoms with van der Waals surface area (Å²) in [6, 6.07) is 0. The molecule has 3 aliphatic heterocycles. The lowest BCUT2D eigenvalue weighted by Crippen LogP contribution is -2.18. The van der Waals surface area contributed by atoms with Crippen molar-refractivity contribution in [2.75, 3.05) is 0 Å². The van der Waals surface area contributed by atoms with Crippen LogP contribution < -0.4 is 0 Å². The molecule has 3 rings (SSSR count). The minimum Gasteiger partial charge on any atom is -0.242 e. The van der Waals surface area contributed by atoms with Crippen LogP contribution in [0.4, 0.5) is 0 Å². The van der Waals surface area contributed by atoms with E-state index in [9.17, 15) is 0 Å². The van der Waals surface area contributed by atoms with Crippen molar-refractivity contribution in [2.24, 2.45) is 10.2 Å². The van der Waals surface area contributed by atoms with Crippen LogP contribution in [0.2, 0.25) is 0 Å². The second kappa shape index (κ2) is 1.97. The summed E-state index contributed by atoms with van der Waals surface area (Å²) in [7, 11) is 0. The Hall–Kier alpha value is -1.58. The number of hydrogen-bond donors (Lipinski definition) is 0.